The Kier molecular flexibility index (Phi) is 6.11. The van der Waals surface area contributed by atoms with Crippen LogP contribution in [0.25, 0.3) is 6.08 Å². The smallest absolute Gasteiger partial charge is 0.329 e. The molecule has 2 N–H and O–H groups in total. The minimum Gasteiger partial charge on any atom is -0.496 e. The number of aryl methyl sites for hydroxylation is 1. The summed E-state index contributed by atoms with van der Waals surface area (Å²) < 4.78 is 5.51. The lowest BCUT2D eigenvalue weighted by molar-refractivity contribution is -0.127. The van der Waals surface area contributed by atoms with Crippen molar-refractivity contribution >= 4 is 35.3 Å². The number of hydrogen-bond donors (Lipinski definition) is 2. The van der Waals surface area contributed by atoms with Crippen LogP contribution in [0, 0.1) is 6.92 Å². The van der Waals surface area contributed by atoms with Gasteiger partial charge in [0.15, 0.2) is 0 Å². The highest BCUT2D eigenvalue weighted by molar-refractivity contribution is 6.16. The molecule has 2 aliphatic heterocycles. The molecule has 2 saturated heterocycles. The number of nitrogens with one attached hydrogen (secondary N) is 2. The maximum absolute atomic E-state index is 12.8. The minimum absolute atomic E-state index is 0.102. The van der Waals surface area contributed by atoms with Crippen LogP contribution in [0.1, 0.15) is 24.0 Å². The normalized spacial score (nSPS) is 17.1. The summed E-state index contributed by atoms with van der Waals surface area (Å²) in [5.41, 5.74) is 3.45. The Morgan fingerprint density at radius 3 is 2.66 bits per heavy atom. The number of imide groups is 1. The molecule has 4 rings (SSSR count). The van der Waals surface area contributed by atoms with E-state index in [1.807, 2.05) is 43.3 Å². The number of nitrogens with zero attached hydrogens (tertiary/aromatic N) is 2. The molecular weight excluding hydrogens is 408 g/mol. The predicted octanol–water partition coefficient (Wildman–Crippen LogP) is 3.14. The van der Waals surface area contributed by atoms with Crippen LogP contribution in [-0.2, 0) is 9.59 Å². The molecule has 0 unspecified atom stereocenters. The zero-order valence-corrected chi connectivity index (χ0v) is 18.2. The van der Waals surface area contributed by atoms with Crippen molar-refractivity contribution in [1.29, 1.82) is 0 Å². The van der Waals surface area contributed by atoms with E-state index in [9.17, 15) is 14.4 Å². The van der Waals surface area contributed by atoms with Crippen molar-refractivity contribution in [2.45, 2.75) is 19.8 Å². The number of carbonyl (C=O) groups is 3. The van der Waals surface area contributed by atoms with Gasteiger partial charge in [-0.1, -0.05) is 12.1 Å². The fraction of sp³-hybridized carbons (Fsp3) is 0.292. The highest BCUT2D eigenvalue weighted by Gasteiger charge is 2.35. The van der Waals surface area contributed by atoms with E-state index in [1.165, 1.54) is 12.8 Å². The van der Waals surface area contributed by atoms with Gasteiger partial charge in [0, 0.05) is 36.1 Å². The molecule has 2 aromatic rings. The quantitative estimate of drug-likeness (QED) is 0.539. The molecule has 0 aromatic heterocycles. The molecule has 166 valence electrons. The number of benzene rings is 2. The lowest BCUT2D eigenvalue weighted by atomic mass is 10.1. The average molecular weight is 434 g/mol. The molecule has 0 spiro atoms. The summed E-state index contributed by atoms with van der Waals surface area (Å²) in [6.45, 7) is 3.56. The van der Waals surface area contributed by atoms with Crippen LogP contribution < -0.4 is 20.3 Å². The second-order valence-corrected chi connectivity index (χ2v) is 7.92. The Balaban J connectivity index is 1.47. The maximum Gasteiger partial charge on any atom is 0.329 e. The fourth-order valence-corrected chi connectivity index (χ4v) is 3.93. The monoisotopic (exact) mass is 434 g/mol. The maximum atomic E-state index is 12.8. The van der Waals surface area contributed by atoms with Crippen LogP contribution in [0.5, 0.6) is 5.75 Å². The molecule has 8 heteroatoms. The molecule has 2 heterocycles. The van der Waals surface area contributed by atoms with Gasteiger partial charge < -0.3 is 20.3 Å². The van der Waals surface area contributed by atoms with Gasteiger partial charge >= 0.3 is 6.03 Å². The third kappa shape index (κ3) is 4.59. The predicted molar refractivity (Wildman–Crippen MR) is 122 cm³/mol. The van der Waals surface area contributed by atoms with Gasteiger partial charge in [-0.05, 0) is 55.7 Å². The molecule has 0 saturated carbocycles. The van der Waals surface area contributed by atoms with E-state index in [1.54, 1.807) is 19.3 Å². The SMILES string of the molecule is COc1cc(N2CCCC2)ccc1/C=C1/NC(=O)N(CC(=O)Nc2cccc(C)c2)C1=O. The highest BCUT2D eigenvalue weighted by atomic mass is 16.5. The number of ether oxygens (including phenoxy) is 1. The van der Waals surface area contributed by atoms with E-state index in [0.717, 1.165) is 29.2 Å². The number of urea groups is 1. The molecule has 0 radical (unpaired) electrons. The Morgan fingerprint density at radius 1 is 1.16 bits per heavy atom. The van der Waals surface area contributed by atoms with Crippen molar-refractivity contribution in [2.75, 3.05) is 37.0 Å². The molecule has 2 aliphatic rings. The van der Waals surface area contributed by atoms with Crippen molar-refractivity contribution < 1.29 is 19.1 Å². The summed E-state index contributed by atoms with van der Waals surface area (Å²) in [6, 6.07) is 12.5. The number of hydrogen-bond acceptors (Lipinski definition) is 5. The first-order valence-electron chi connectivity index (χ1n) is 10.6. The largest absolute Gasteiger partial charge is 0.496 e. The summed E-state index contributed by atoms with van der Waals surface area (Å²) in [5, 5.41) is 5.26. The second kappa shape index (κ2) is 9.13. The first-order chi connectivity index (χ1) is 15.4. The topological polar surface area (TPSA) is 91.0 Å². The van der Waals surface area contributed by atoms with Gasteiger partial charge in [-0.3, -0.25) is 9.59 Å². The van der Waals surface area contributed by atoms with Gasteiger partial charge in [0.1, 0.15) is 18.0 Å². The van der Waals surface area contributed by atoms with Gasteiger partial charge in [-0.2, -0.15) is 0 Å². The van der Waals surface area contributed by atoms with Gasteiger partial charge in [-0.15, -0.1) is 0 Å². The number of rotatable bonds is 6. The molecule has 4 amide bonds. The zero-order valence-electron chi connectivity index (χ0n) is 18.2. The average Bonchev–Trinajstić information content (AvgIpc) is 3.39. The number of amides is 4. The van der Waals surface area contributed by atoms with Gasteiger partial charge in [0.2, 0.25) is 5.91 Å². The summed E-state index contributed by atoms with van der Waals surface area (Å²) in [6.07, 6.45) is 3.91. The van der Waals surface area contributed by atoms with Crippen LogP contribution in [-0.4, -0.2) is 49.5 Å². The molecule has 2 fully saturated rings. The third-order valence-electron chi connectivity index (χ3n) is 5.55. The molecule has 0 aliphatic carbocycles. The fourth-order valence-electron chi connectivity index (χ4n) is 3.93. The van der Waals surface area contributed by atoms with Crippen molar-refractivity contribution in [3.8, 4) is 5.75 Å². The highest BCUT2D eigenvalue weighted by Crippen LogP contribution is 2.30. The van der Waals surface area contributed by atoms with Crippen LogP contribution in [0.4, 0.5) is 16.2 Å². The van der Waals surface area contributed by atoms with Gasteiger partial charge in [0.25, 0.3) is 5.91 Å². The molecule has 2 aromatic carbocycles. The molecule has 0 atom stereocenters. The number of anilines is 2. The lowest BCUT2D eigenvalue weighted by Crippen LogP contribution is -2.38. The number of carbonyl (C=O) groups excluding carboxylic acids is 3. The lowest BCUT2D eigenvalue weighted by Gasteiger charge is -2.19. The van der Waals surface area contributed by atoms with Crippen molar-refractivity contribution in [3.63, 3.8) is 0 Å². The molecule has 8 nitrogen and oxygen atoms in total. The summed E-state index contributed by atoms with van der Waals surface area (Å²) >= 11 is 0. The van der Waals surface area contributed by atoms with E-state index in [2.05, 4.69) is 15.5 Å². The standard InChI is InChI=1S/C24H26N4O4/c1-16-6-5-7-18(12-16)25-22(29)15-28-23(30)20(26-24(28)31)13-17-8-9-19(14-21(17)32-2)27-10-3-4-11-27/h5-9,12-14H,3-4,10-11,15H2,1-2H3,(H,25,29)(H,26,31)/b20-13+. The Hall–Kier alpha value is -3.81. The van der Waals surface area contributed by atoms with Crippen LogP contribution in [0.15, 0.2) is 48.2 Å². The van der Waals surface area contributed by atoms with E-state index < -0.39 is 17.8 Å². The van der Waals surface area contributed by atoms with Gasteiger partial charge in [0.05, 0.1) is 7.11 Å². The van der Waals surface area contributed by atoms with Crippen molar-refractivity contribution in [2.24, 2.45) is 0 Å². The first kappa shape index (κ1) is 21.4. The van der Waals surface area contributed by atoms with Crippen LogP contribution in [0.3, 0.4) is 0 Å². The third-order valence-corrected chi connectivity index (χ3v) is 5.55. The van der Waals surface area contributed by atoms with E-state index in [-0.39, 0.29) is 12.2 Å². The summed E-state index contributed by atoms with van der Waals surface area (Å²) in [7, 11) is 1.57. The Bertz CT molecular complexity index is 1090. The summed E-state index contributed by atoms with van der Waals surface area (Å²) in [4.78, 5) is 40.7. The van der Waals surface area contributed by atoms with Crippen LogP contribution >= 0.6 is 0 Å². The Labute approximate surface area is 186 Å². The molecular formula is C24H26N4O4. The van der Waals surface area contributed by atoms with Crippen LogP contribution in [0.2, 0.25) is 0 Å². The van der Waals surface area contributed by atoms with Crippen molar-refractivity contribution in [3.05, 3.63) is 59.3 Å². The van der Waals surface area contributed by atoms with Crippen molar-refractivity contribution in [1.82, 2.24) is 10.2 Å². The number of methoxy groups -OCH3 is 1. The second-order valence-electron chi connectivity index (χ2n) is 7.92. The van der Waals surface area contributed by atoms with E-state index in [4.69, 9.17) is 4.74 Å². The first-order valence-corrected chi connectivity index (χ1v) is 10.6. The minimum atomic E-state index is -0.631. The van der Waals surface area contributed by atoms with E-state index >= 15 is 0 Å². The van der Waals surface area contributed by atoms with Gasteiger partial charge in [-0.25, -0.2) is 9.69 Å². The Morgan fingerprint density at radius 2 is 1.94 bits per heavy atom. The van der Waals surface area contributed by atoms with E-state index in [0.29, 0.717) is 17.0 Å². The molecule has 0 bridgehead atoms. The zero-order chi connectivity index (χ0) is 22.7. The summed E-state index contributed by atoms with van der Waals surface area (Å²) in [5.74, 6) is -0.396. The molecule has 32 heavy (non-hydrogen) atoms.